The van der Waals surface area contributed by atoms with E-state index in [9.17, 15) is 34.1 Å². The Morgan fingerprint density at radius 3 is 1.78 bits per heavy atom. The number of allylic oxidation sites excluding steroid dienone is 11. The van der Waals surface area contributed by atoms with Crippen molar-refractivity contribution in [1.29, 1.82) is 0 Å². The second-order valence-corrected chi connectivity index (χ2v) is 16.0. The third-order valence-electron chi connectivity index (χ3n) is 8.81. The molecular formula is C46H76NO12P. The van der Waals surface area contributed by atoms with E-state index in [-0.39, 0.29) is 25.7 Å². The lowest BCUT2D eigenvalue weighted by Crippen LogP contribution is -2.34. The number of nitrogens with two attached hydrogens (primary N) is 1. The van der Waals surface area contributed by atoms with Crippen molar-refractivity contribution >= 4 is 25.7 Å². The minimum absolute atomic E-state index is 0.0322. The number of phosphoric ester groups is 1. The van der Waals surface area contributed by atoms with Gasteiger partial charge in [-0.3, -0.25) is 23.4 Å². The summed E-state index contributed by atoms with van der Waals surface area (Å²) < 4.78 is 32.4. The fraction of sp³-hybridized carbons (Fsp3) is 0.630. The van der Waals surface area contributed by atoms with Gasteiger partial charge in [-0.15, -0.1) is 0 Å². The molecule has 13 nitrogen and oxygen atoms in total. The maximum absolute atomic E-state index is 12.6. The number of aliphatic carboxylic acids is 1. The van der Waals surface area contributed by atoms with Crippen molar-refractivity contribution < 1.29 is 57.7 Å². The highest BCUT2D eigenvalue weighted by Gasteiger charge is 2.28. The van der Waals surface area contributed by atoms with Crippen molar-refractivity contribution in [2.45, 2.75) is 167 Å². The van der Waals surface area contributed by atoms with Crippen LogP contribution in [0.3, 0.4) is 0 Å². The summed E-state index contributed by atoms with van der Waals surface area (Å²) in [7, 11) is -4.79. The second-order valence-electron chi connectivity index (χ2n) is 14.5. The van der Waals surface area contributed by atoms with Crippen molar-refractivity contribution in [3.63, 3.8) is 0 Å². The average Bonchev–Trinajstić information content (AvgIpc) is 3.21. The normalized spacial score (nSPS) is 15.6. The number of carbonyl (C=O) groups is 3. The number of carboxylic acids is 1. The molecule has 0 saturated heterocycles. The van der Waals surface area contributed by atoms with Crippen molar-refractivity contribution in [2.24, 2.45) is 5.73 Å². The van der Waals surface area contributed by atoms with Crippen LogP contribution < -0.4 is 5.73 Å². The first-order valence-corrected chi connectivity index (χ1v) is 23.3. The van der Waals surface area contributed by atoms with Gasteiger partial charge in [0.1, 0.15) is 12.6 Å². The summed E-state index contributed by atoms with van der Waals surface area (Å²) in [6.07, 6.45) is 41.5. The van der Waals surface area contributed by atoms with E-state index in [0.717, 1.165) is 32.1 Å². The predicted octanol–water partition coefficient (Wildman–Crippen LogP) is 9.44. The largest absolute Gasteiger partial charge is 0.480 e. The SMILES string of the molecule is CCCCC/C=C\C[C@@H](O)/C=C/C=C/C=C\[C@@H](O)CCCC(=O)OC[C@H](COP(=O)(O)OC[C@H](N)C(=O)O)OC(=O)CCC/C=C\C/C=C\C/C=C\CCCCCCCC. The number of carboxylic acid groups (broad SMARTS) is 1. The highest BCUT2D eigenvalue weighted by Crippen LogP contribution is 2.43. The molecule has 60 heavy (non-hydrogen) atoms. The summed E-state index contributed by atoms with van der Waals surface area (Å²) in [5.41, 5.74) is 5.31. The third-order valence-corrected chi connectivity index (χ3v) is 9.76. The Morgan fingerprint density at radius 2 is 1.13 bits per heavy atom. The summed E-state index contributed by atoms with van der Waals surface area (Å²) in [5.74, 6) is -2.73. The molecule has 0 aromatic rings. The molecule has 0 aliphatic rings. The van der Waals surface area contributed by atoms with Gasteiger partial charge in [0.2, 0.25) is 0 Å². The summed E-state index contributed by atoms with van der Waals surface area (Å²) in [5, 5.41) is 29.1. The number of rotatable bonds is 39. The van der Waals surface area contributed by atoms with Crippen LogP contribution in [0.15, 0.2) is 85.1 Å². The molecule has 14 heteroatoms. The van der Waals surface area contributed by atoms with E-state index in [1.165, 1.54) is 51.4 Å². The van der Waals surface area contributed by atoms with Crippen LogP contribution >= 0.6 is 7.82 Å². The van der Waals surface area contributed by atoms with Gasteiger partial charge in [0.25, 0.3) is 0 Å². The lowest BCUT2D eigenvalue weighted by Gasteiger charge is -2.20. The van der Waals surface area contributed by atoms with Crippen LogP contribution in [0.1, 0.15) is 142 Å². The summed E-state index contributed by atoms with van der Waals surface area (Å²) in [6, 6.07) is -1.57. The van der Waals surface area contributed by atoms with Crippen LogP contribution in [0.25, 0.3) is 0 Å². The molecule has 0 aliphatic carbocycles. The summed E-state index contributed by atoms with van der Waals surface area (Å²) in [6.45, 7) is 2.41. The van der Waals surface area contributed by atoms with Crippen LogP contribution in [0.4, 0.5) is 0 Å². The van der Waals surface area contributed by atoms with Gasteiger partial charge in [0.15, 0.2) is 6.10 Å². The van der Waals surface area contributed by atoms with Crippen LogP contribution in [0.5, 0.6) is 0 Å². The molecule has 5 atom stereocenters. The molecule has 0 rings (SSSR count). The molecule has 0 heterocycles. The highest BCUT2D eigenvalue weighted by atomic mass is 31.2. The standard InChI is InChI=1S/C46H76NO12P/c1-3-5-7-9-11-12-13-14-15-16-17-18-19-20-21-23-29-35-45(51)59-42(38-57-60(54,55)58-39-43(47)46(52)53)37-56-44(50)36-30-34-41(49)33-28-25-24-27-32-40(48)31-26-22-10-8-6-4-2/h14-15,17-18,20-22,24-28,32-33,40-43,48-49H,3-13,16,19,23,29-31,34-39,47H2,1-2H3,(H,52,53)(H,54,55)/b15-14-,18-17-,21-20-,25-24+,26-22-,32-27+,33-28-/t40-,41-,42-,43+/m1/s1. The lowest BCUT2D eigenvalue weighted by molar-refractivity contribution is -0.161. The first kappa shape index (κ1) is 56.6. The molecule has 0 amide bonds. The van der Waals surface area contributed by atoms with E-state index in [0.29, 0.717) is 19.3 Å². The van der Waals surface area contributed by atoms with E-state index in [2.05, 4.69) is 48.8 Å². The topological polar surface area (TPSA) is 212 Å². The predicted molar refractivity (Wildman–Crippen MR) is 238 cm³/mol. The molecule has 0 bridgehead atoms. The molecule has 0 spiro atoms. The number of carbonyl (C=O) groups excluding carboxylic acids is 2. The minimum Gasteiger partial charge on any atom is -0.480 e. The van der Waals surface area contributed by atoms with Gasteiger partial charge in [-0.2, -0.15) is 0 Å². The van der Waals surface area contributed by atoms with E-state index >= 15 is 0 Å². The maximum atomic E-state index is 12.6. The number of esters is 2. The molecule has 342 valence electrons. The van der Waals surface area contributed by atoms with Gasteiger partial charge in [0, 0.05) is 12.8 Å². The third kappa shape index (κ3) is 38.8. The number of ether oxygens (including phenoxy) is 2. The lowest BCUT2D eigenvalue weighted by atomic mass is 10.1. The number of hydrogen-bond donors (Lipinski definition) is 5. The molecule has 0 saturated carbocycles. The fourth-order valence-electron chi connectivity index (χ4n) is 5.27. The minimum atomic E-state index is -4.79. The number of phosphoric acid groups is 1. The molecule has 0 aliphatic heterocycles. The Bertz CT molecular complexity index is 1370. The van der Waals surface area contributed by atoms with Crippen LogP contribution in [0.2, 0.25) is 0 Å². The number of unbranched alkanes of at least 4 members (excludes halogenated alkanes) is 10. The Balaban J connectivity index is 4.72. The molecular weight excluding hydrogens is 789 g/mol. The Morgan fingerprint density at radius 1 is 0.617 bits per heavy atom. The average molecular weight is 866 g/mol. The fourth-order valence-corrected chi connectivity index (χ4v) is 6.05. The molecule has 6 N–H and O–H groups in total. The van der Waals surface area contributed by atoms with E-state index < -0.39 is 69.9 Å². The molecule has 1 unspecified atom stereocenters. The molecule has 0 aromatic carbocycles. The molecule has 0 aromatic heterocycles. The number of aliphatic hydroxyl groups excluding tert-OH is 2. The first-order chi connectivity index (χ1) is 28.9. The van der Waals surface area contributed by atoms with Crippen molar-refractivity contribution in [3.05, 3.63) is 85.1 Å². The van der Waals surface area contributed by atoms with Crippen LogP contribution in [-0.2, 0) is 37.5 Å². The van der Waals surface area contributed by atoms with E-state index in [4.69, 9.17) is 24.8 Å². The monoisotopic (exact) mass is 866 g/mol. The quantitative estimate of drug-likeness (QED) is 0.0128. The molecule has 0 fully saturated rings. The van der Waals surface area contributed by atoms with Crippen molar-refractivity contribution in [3.8, 4) is 0 Å². The van der Waals surface area contributed by atoms with Crippen molar-refractivity contribution in [1.82, 2.24) is 0 Å². The summed E-state index contributed by atoms with van der Waals surface area (Å²) >= 11 is 0. The Hall–Kier alpha value is -3.42. The van der Waals surface area contributed by atoms with Crippen LogP contribution in [0, 0.1) is 0 Å². The van der Waals surface area contributed by atoms with E-state index in [1.54, 1.807) is 36.5 Å². The first-order valence-electron chi connectivity index (χ1n) is 21.8. The molecule has 0 radical (unpaired) electrons. The Labute approximate surface area is 359 Å². The number of aliphatic hydroxyl groups is 2. The zero-order valence-electron chi connectivity index (χ0n) is 36.2. The van der Waals surface area contributed by atoms with Crippen molar-refractivity contribution in [2.75, 3.05) is 19.8 Å². The highest BCUT2D eigenvalue weighted by molar-refractivity contribution is 7.47. The smallest absolute Gasteiger partial charge is 0.472 e. The maximum Gasteiger partial charge on any atom is 0.472 e. The van der Waals surface area contributed by atoms with E-state index in [1.807, 2.05) is 18.2 Å². The van der Waals surface area contributed by atoms with Gasteiger partial charge in [-0.25, -0.2) is 4.57 Å². The second kappa shape index (κ2) is 39.7. The van der Waals surface area contributed by atoms with Gasteiger partial charge in [0.05, 0.1) is 25.4 Å². The van der Waals surface area contributed by atoms with Gasteiger partial charge >= 0.3 is 25.7 Å². The summed E-state index contributed by atoms with van der Waals surface area (Å²) in [4.78, 5) is 45.9. The van der Waals surface area contributed by atoms with Gasteiger partial charge in [-0.1, -0.05) is 144 Å². The van der Waals surface area contributed by atoms with Gasteiger partial charge < -0.3 is 35.4 Å². The zero-order chi connectivity index (χ0) is 44.5. The van der Waals surface area contributed by atoms with Gasteiger partial charge in [-0.05, 0) is 70.6 Å². The van der Waals surface area contributed by atoms with Crippen LogP contribution in [-0.4, -0.2) is 82.3 Å². The Kier molecular flexibility index (Phi) is 37.4. The number of hydrogen-bond acceptors (Lipinski definition) is 11. The zero-order valence-corrected chi connectivity index (χ0v) is 37.1.